The number of carbonyl (C=O) groups excluding carboxylic acids is 3. The lowest BCUT2D eigenvalue weighted by atomic mass is 10.0. The molecule has 0 saturated carbocycles. The van der Waals surface area contributed by atoms with Gasteiger partial charge in [-0.2, -0.15) is 0 Å². The van der Waals surface area contributed by atoms with Crippen LogP contribution in [0.1, 0.15) is 34.6 Å². The second kappa shape index (κ2) is 7.04. The normalized spacial score (nSPS) is 31.9. The molecule has 2 aliphatic heterocycles. The first-order valence-electron chi connectivity index (χ1n) is 7.68. The molecule has 0 radical (unpaired) electrons. The molecule has 136 valence electrons. The molecule has 0 aromatic carbocycles. The van der Waals surface area contributed by atoms with Gasteiger partial charge in [-0.15, -0.1) is 0 Å². The van der Waals surface area contributed by atoms with Crippen LogP contribution in [0.3, 0.4) is 0 Å². The lowest BCUT2D eigenvalue weighted by molar-refractivity contribution is -0.223. The third kappa shape index (κ3) is 4.43. The number of nitrogens with one attached hydrogen (secondary N) is 1. The van der Waals surface area contributed by atoms with Crippen LogP contribution >= 0.6 is 0 Å². The van der Waals surface area contributed by atoms with Crippen molar-refractivity contribution in [2.24, 2.45) is 0 Å². The lowest BCUT2D eigenvalue weighted by Crippen LogP contribution is -2.52. The standard InChI is InChI=1S/C15H23NO8/c1-7(17)16-10(6-20-8(2)18)11-12(21-9(3)19)13-14(22-11)24-15(4,5)23-13/h10-14H,6H2,1-5H3,(H,16,17)/t10-,11+,12-,13+,14+/m0/s1. The summed E-state index contributed by atoms with van der Waals surface area (Å²) in [5.74, 6) is -2.23. The number of fused-ring (bicyclic) bond motifs is 1. The molecule has 2 saturated heterocycles. The van der Waals surface area contributed by atoms with E-state index in [1.807, 2.05) is 0 Å². The van der Waals surface area contributed by atoms with E-state index >= 15 is 0 Å². The Balaban J connectivity index is 2.19. The molecular weight excluding hydrogens is 322 g/mol. The van der Waals surface area contributed by atoms with Gasteiger partial charge in [-0.3, -0.25) is 14.4 Å². The maximum atomic E-state index is 11.5. The van der Waals surface area contributed by atoms with Gasteiger partial charge in [0.2, 0.25) is 5.91 Å². The number of ether oxygens (including phenoxy) is 5. The molecular formula is C15H23NO8. The van der Waals surface area contributed by atoms with Crippen molar-refractivity contribution in [3.8, 4) is 0 Å². The molecule has 9 nitrogen and oxygen atoms in total. The Hall–Kier alpha value is -1.71. The fourth-order valence-electron chi connectivity index (χ4n) is 2.84. The zero-order chi connectivity index (χ0) is 18.1. The Morgan fingerprint density at radius 2 is 1.79 bits per heavy atom. The van der Waals surface area contributed by atoms with Gasteiger partial charge in [0.15, 0.2) is 24.3 Å². The molecule has 2 fully saturated rings. The van der Waals surface area contributed by atoms with E-state index in [1.54, 1.807) is 13.8 Å². The first kappa shape index (κ1) is 18.6. The van der Waals surface area contributed by atoms with E-state index in [4.69, 9.17) is 23.7 Å². The monoisotopic (exact) mass is 345 g/mol. The van der Waals surface area contributed by atoms with Crippen LogP contribution in [0.2, 0.25) is 0 Å². The lowest BCUT2D eigenvalue weighted by Gasteiger charge is -2.30. The summed E-state index contributed by atoms with van der Waals surface area (Å²) >= 11 is 0. The van der Waals surface area contributed by atoms with E-state index in [1.165, 1.54) is 20.8 Å². The molecule has 0 unspecified atom stereocenters. The van der Waals surface area contributed by atoms with Crippen LogP contribution in [0.5, 0.6) is 0 Å². The maximum Gasteiger partial charge on any atom is 0.303 e. The smallest absolute Gasteiger partial charge is 0.303 e. The van der Waals surface area contributed by atoms with Crippen LogP contribution in [0, 0.1) is 0 Å². The molecule has 0 bridgehead atoms. The van der Waals surface area contributed by atoms with Crippen molar-refractivity contribution in [3.05, 3.63) is 0 Å². The van der Waals surface area contributed by atoms with E-state index in [0.29, 0.717) is 0 Å². The molecule has 24 heavy (non-hydrogen) atoms. The molecule has 2 aliphatic rings. The zero-order valence-corrected chi connectivity index (χ0v) is 14.4. The van der Waals surface area contributed by atoms with Gasteiger partial charge in [0.05, 0.1) is 6.04 Å². The third-order valence-electron chi connectivity index (χ3n) is 3.58. The van der Waals surface area contributed by atoms with Crippen LogP contribution in [-0.4, -0.2) is 60.9 Å². The molecule has 0 aliphatic carbocycles. The average molecular weight is 345 g/mol. The van der Waals surface area contributed by atoms with Gasteiger partial charge in [0.1, 0.15) is 12.7 Å². The van der Waals surface area contributed by atoms with Crippen LogP contribution in [0.15, 0.2) is 0 Å². The van der Waals surface area contributed by atoms with Crippen molar-refractivity contribution in [2.45, 2.75) is 71.0 Å². The maximum absolute atomic E-state index is 11.5. The quantitative estimate of drug-likeness (QED) is 0.686. The highest BCUT2D eigenvalue weighted by Crippen LogP contribution is 2.39. The first-order chi connectivity index (χ1) is 11.1. The molecule has 5 atom stereocenters. The van der Waals surface area contributed by atoms with Gasteiger partial charge >= 0.3 is 11.9 Å². The van der Waals surface area contributed by atoms with Gasteiger partial charge in [0, 0.05) is 20.8 Å². The van der Waals surface area contributed by atoms with Crippen LogP contribution in [-0.2, 0) is 38.1 Å². The Morgan fingerprint density at radius 1 is 1.12 bits per heavy atom. The molecule has 0 aromatic rings. The molecule has 2 heterocycles. The summed E-state index contributed by atoms with van der Waals surface area (Å²) in [7, 11) is 0. The van der Waals surface area contributed by atoms with Crippen molar-refractivity contribution in [1.82, 2.24) is 5.32 Å². The Morgan fingerprint density at radius 3 is 2.33 bits per heavy atom. The summed E-state index contributed by atoms with van der Waals surface area (Å²) in [5.41, 5.74) is 0. The topological polar surface area (TPSA) is 109 Å². The molecule has 9 heteroatoms. The van der Waals surface area contributed by atoms with Crippen LogP contribution in [0.4, 0.5) is 0 Å². The summed E-state index contributed by atoms with van der Waals surface area (Å²) in [4.78, 5) is 34.0. The fraction of sp³-hybridized carbons (Fsp3) is 0.800. The highest BCUT2D eigenvalue weighted by molar-refractivity contribution is 5.73. The number of hydrogen-bond donors (Lipinski definition) is 1. The Kier molecular flexibility index (Phi) is 5.46. The fourth-order valence-corrected chi connectivity index (χ4v) is 2.84. The van der Waals surface area contributed by atoms with E-state index in [2.05, 4.69) is 5.32 Å². The minimum absolute atomic E-state index is 0.125. The third-order valence-corrected chi connectivity index (χ3v) is 3.58. The summed E-state index contributed by atoms with van der Waals surface area (Å²) in [6.07, 6.45) is -2.96. The second-order valence-corrected chi connectivity index (χ2v) is 6.25. The van der Waals surface area contributed by atoms with Gasteiger partial charge < -0.3 is 29.0 Å². The van der Waals surface area contributed by atoms with E-state index in [0.717, 1.165) is 0 Å². The van der Waals surface area contributed by atoms with Crippen LogP contribution < -0.4 is 5.32 Å². The van der Waals surface area contributed by atoms with Crippen LogP contribution in [0.25, 0.3) is 0 Å². The number of carbonyl (C=O) groups is 3. The largest absolute Gasteiger partial charge is 0.464 e. The summed E-state index contributed by atoms with van der Waals surface area (Å²) in [5, 5.41) is 2.65. The molecule has 1 N–H and O–H groups in total. The Labute approximate surface area is 139 Å². The minimum Gasteiger partial charge on any atom is -0.464 e. The van der Waals surface area contributed by atoms with Crippen molar-refractivity contribution in [2.75, 3.05) is 6.61 Å². The summed E-state index contributed by atoms with van der Waals surface area (Å²) in [6.45, 7) is 7.17. The number of rotatable bonds is 5. The van der Waals surface area contributed by atoms with Gasteiger partial charge in [-0.25, -0.2) is 0 Å². The number of hydrogen-bond acceptors (Lipinski definition) is 8. The van der Waals surface area contributed by atoms with E-state index < -0.39 is 48.4 Å². The van der Waals surface area contributed by atoms with Crippen molar-refractivity contribution >= 4 is 17.8 Å². The second-order valence-electron chi connectivity index (χ2n) is 6.25. The summed E-state index contributed by atoms with van der Waals surface area (Å²) in [6, 6.07) is -0.711. The van der Waals surface area contributed by atoms with Gasteiger partial charge in [-0.05, 0) is 13.8 Å². The van der Waals surface area contributed by atoms with Crippen molar-refractivity contribution in [1.29, 1.82) is 0 Å². The highest BCUT2D eigenvalue weighted by Gasteiger charge is 2.58. The number of esters is 2. The molecule has 2 rings (SSSR count). The van der Waals surface area contributed by atoms with Gasteiger partial charge in [-0.1, -0.05) is 0 Å². The molecule has 0 spiro atoms. The number of amides is 1. The predicted octanol–water partition coefficient (Wildman–Crippen LogP) is -0.138. The average Bonchev–Trinajstić information content (AvgIpc) is 2.87. The highest BCUT2D eigenvalue weighted by atomic mass is 16.8. The zero-order valence-electron chi connectivity index (χ0n) is 14.4. The van der Waals surface area contributed by atoms with E-state index in [-0.39, 0.29) is 12.5 Å². The predicted molar refractivity (Wildman–Crippen MR) is 78.5 cm³/mol. The van der Waals surface area contributed by atoms with Crippen molar-refractivity contribution in [3.63, 3.8) is 0 Å². The Bertz CT molecular complexity index is 520. The van der Waals surface area contributed by atoms with Crippen molar-refractivity contribution < 1.29 is 38.1 Å². The molecule has 0 aromatic heterocycles. The SMILES string of the molecule is CC(=O)N[C@@H](COC(C)=O)[C@H]1O[C@@H]2OC(C)(C)O[C@@H]2[C@H]1OC(C)=O. The minimum atomic E-state index is -0.877. The summed E-state index contributed by atoms with van der Waals surface area (Å²) < 4.78 is 27.5. The first-order valence-corrected chi connectivity index (χ1v) is 7.68. The van der Waals surface area contributed by atoms with Gasteiger partial charge in [0.25, 0.3) is 0 Å². The van der Waals surface area contributed by atoms with E-state index in [9.17, 15) is 14.4 Å². The molecule has 1 amide bonds.